The molecule has 0 bridgehead atoms. The zero-order valence-electron chi connectivity index (χ0n) is 13.4. The average Bonchev–Trinajstić information content (AvgIpc) is 3.03. The highest BCUT2D eigenvalue weighted by Gasteiger charge is 2.86. The molecule has 0 spiro atoms. The van der Waals surface area contributed by atoms with Crippen LogP contribution in [0.2, 0.25) is 0 Å². The first kappa shape index (κ1) is 27.0. The van der Waals surface area contributed by atoms with Crippen LogP contribution in [0.3, 0.4) is 0 Å². The van der Waals surface area contributed by atoms with Gasteiger partial charge in [0.05, 0.1) is 0 Å². The molecule has 0 amide bonds. The van der Waals surface area contributed by atoms with Crippen molar-refractivity contribution in [1.29, 1.82) is 0 Å². The van der Waals surface area contributed by atoms with Crippen LogP contribution in [-0.4, -0.2) is 40.6 Å². The Hall–Kier alpha value is -2.05. The molecule has 0 N–H and O–H groups in total. The lowest BCUT2D eigenvalue weighted by molar-refractivity contribution is -0.850. The van der Waals surface area contributed by atoms with Crippen molar-refractivity contribution in [1.82, 2.24) is 4.57 Å². The summed E-state index contributed by atoms with van der Waals surface area (Å²) in [7, 11) is 0. The third-order valence-corrected chi connectivity index (χ3v) is 3.54. The summed E-state index contributed by atoms with van der Waals surface area (Å²) in [6.45, 7) is 0. The molecule has 0 radical (unpaired) electrons. The van der Waals surface area contributed by atoms with Crippen molar-refractivity contribution in [2.24, 2.45) is 0 Å². The van der Waals surface area contributed by atoms with Crippen molar-refractivity contribution in [3.8, 4) is 0 Å². The topological polar surface area (TPSA) is 8.81 Å². The van der Waals surface area contributed by atoms with E-state index < -0.39 is 76.0 Å². The fourth-order valence-corrected chi connectivity index (χ4v) is 1.74. The quantitative estimate of drug-likeness (QED) is 0.355. The van der Waals surface area contributed by atoms with Crippen LogP contribution in [0.15, 0.2) is 18.7 Å². The molecule has 1 aromatic heterocycles. The monoisotopic (exact) mass is 505 g/mol. The average molecular weight is 505 g/mol. The molecular formula is C11H3F18N2+. The van der Waals surface area contributed by atoms with Crippen LogP contribution in [0.4, 0.5) is 79.0 Å². The van der Waals surface area contributed by atoms with Gasteiger partial charge in [0, 0.05) is 0 Å². The Morgan fingerprint density at radius 1 is 0.484 bits per heavy atom. The van der Waals surface area contributed by atoms with Crippen LogP contribution in [-0.2, 0) is 12.1 Å². The first-order valence-electron chi connectivity index (χ1n) is 6.72. The van der Waals surface area contributed by atoms with Gasteiger partial charge in [-0.15, -0.1) is 0 Å². The van der Waals surface area contributed by atoms with Gasteiger partial charge in [-0.1, -0.05) is 0 Å². The van der Waals surface area contributed by atoms with E-state index in [2.05, 4.69) is 0 Å². The SMILES string of the molecule is FC(F)(F)C(F)(F)C(F)(F)C(F)(F)n1cc[n+](C(F)(F)C(F)(F)C(F)(F)C(F)(F)F)c1. The number of imidazole rings is 1. The maximum atomic E-state index is 13.5. The van der Waals surface area contributed by atoms with Crippen LogP contribution in [0.25, 0.3) is 0 Å². The second-order valence-electron chi connectivity index (χ2n) is 5.60. The molecule has 0 atom stereocenters. The van der Waals surface area contributed by atoms with Gasteiger partial charge in [0.1, 0.15) is 12.4 Å². The number of rotatable bonds is 6. The molecule has 0 saturated heterocycles. The van der Waals surface area contributed by atoms with E-state index in [-0.39, 0.29) is 0 Å². The summed E-state index contributed by atoms with van der Waals surface area (Å²) < 4.78 is 226. The lowest BCUT2D eigenvalue weighted by Gasteiger charge is -2.31. The van der Waals surface area contributed by atoms with E-state index in [1.54, 1.807) is 0 Å². The van der Waals surface area contributed by atoms with Crippen molar-refractivity contribution < 1.29 is 83.6 Å². The van der Waals surface area contributed by atoms with Gasteiger partial charge in [-0.3, -0.25) is 0 Å². The van der Waals surface area contributed by atoms with Gasteiger partial charge in [0.15, 0.2) is 0 Å². The Balaban J connectivity index is 3.56. The first-order valence-corrected chi connectivity index (χ1v) is 6.72. The molecule has 20 heteroatoms. The summed E-state index contributed by atoms with van der Waals surface area (Å²) in [5.41, 5.74) is 0. The number of hydrogen-bond donors (Lipinski definition) is 0. The molecule has 31 heavy (non-hydrogen) atoms. The van der Waals surface area contributed by atoms with Gasteiger partial charge < -0.3 is 0 Å². The molecule has 0 aliphatic rings. The van der Waals surface area contributed by atoms with E-state index in [4.69, 9.17) is 0 Å². The van der Waals surface area contributed by atoms with Crippen LogP contribution >= 0.6 is 0 Å². The van der Waals surface area contributed by atoms with E-state index in [1.807, 2.05) is 0 Å². The Labute approximate surface area is 156 Å². The molecular weight excluding hydrogens is 502 g/mol. The van der Waals surface area contributed by atoms with Crippen molar-refractivity contribution >= 4 is 0 Å². The largest absolute Gasteiger partial charge is 0.469 e. The van der Waals surface area contributed by atoms with Crippen molar-refractivity contribution in [2.75, 3.05) is 0 Å². The number of aromatic nitrogens is 2. The highest BCUT2D eigenvalue weighted by molar-refractivity contribution is 4.99. The van der Waals surface area contributed by atoms with Crippen molar-refractivity contribution in [3.05, 3.63) is 18.7 Å². The second-order valence-corrected chi connectivity index (χ2v) is 5.60. The van der Waals surface area contributed by atoms with Crippen molar-refractivity contribution in [2.45, 2.75) is 48.1 Å². The van der Waals surface area contributed by atoms with Gasteiger partial charge in [0.25, 0.3) is 6.33 Å². The molecule has 1 aromatic rings. The Kier molecular flexibility index (Phi) is 5.85. The normalized spacial score (nSPS) is 16.1. The molecule has 2 nitrogen and oxygen atoms in total. The Morgan fingerprint density at radius 2 is 0.839 bits per heavy atom. The van der Waals surface area contributed by atoms with Crippen molar-refractivity contribution in [3.63, 3.8) is 0 Å². The fourth-order valence-electron chi connectivity index (χ4n) is 1.74. The minimum absolute atomic E-state index is 0.976. The lowest BCUT2D eigenvalue weighted by atomic mass is 10.1. The molecule has 0 aliphatic carbocycles. The first-order chi connectivity index (χ1) is 13.2. The maximum Gasteiger partial charge on any atom is 0.469 e. The Bertz CT molecular complexity index is 732. The van der Waals surface area contributed by atoms with Gasteiger partial charge in [-0.2, -0.15) is 88.2 Å². The number of alkyl halides is 18. The highest BCUT2D eigenvalue weighted by Crippen LogP contribution is 2.55. The summed E-state index contributed by atoms with van der Waals surface area (Å²) in [5, 5.41) is 0. The fraction of sp³-hybridized carbons (Fsp3) is 0.727. The maximum absolute atomic E-state index is 13.5. The molecule has 182 valence electrons. The summed E-state index contributed by atoms with van der Waals surface area (Å²) >= 11 is 0. The van der Waals surface area contributed by atoms with E-state index in [1.165, 1.54) is 0 Å². The molecule has 1 heterocycles. The third kappa shape index (κ3) is 3.54. The van der Waals surface area contributed by atoms with Gasteiger partial charge in [0.2, 0.25) is 0 Å². The van der Waals surface area contributed by atoms with Gasteiger partial charge in [-0.05, 0) is 0 Å². The summed E-state index contributed by atoms with van der Waals surface area (Å²) in [6.07, 6.45) is -18.2. The zero-order chi connectivity index (χ0) is 25.3. The minimum atomic E-state index is -7.55. The number of hydrogen-bond acceptors (Lipinski definition) is 0. The smallest absolute Gasteiger partial charge is 0.189 e. The number of halogens is 18. The molecule has 0 aromatic carbocycles. The lowest BCUT2D eigenvalue weighted by Crippen LogP contribution is -2.69. The molecule has 0 fully saturated rings. The zero-order valence-corrected chi connectivity index (χ0v) is 13.4. The summed E-state index contributed by atoms with van der Waals surface area (Å²) in [4.78, 5) is 0. The van der Waals surface area contributed by atoms with E-state index in [0.717, 1.165) is 0 Å². The highest BCUT2D eigenvalue weighted by atomic mass is 19.4. The molecule has 0 saturated carbocycles. The van der Waals surface area contributed by atoms with E-state index >= 15 is 0 Å². The molecule has 0 unspecified atom stereocenters. The summed E-state index contributed by atoms with van der Waals surface area (Å²) in [6, 6.07) is -13.7. The van der Waals surface area contributed by atoms with Gasteiger partial charge in [-0.25, -0.2) is 0 Å². The van der Waals surface area contributed by atoms with Crippen LogP contribution in [0.1, 0.15) is 0 Å². The van der Waals surface area contributed by atoms with Crippen LogP contribution in [0.5, 0.6) is 0 Å². The van der Waals surface area contributed by atoms with Crippen LogP contribution in [0, 0.1) is 0 Å². The second kappa shape index (κ2) is 6.72. The van der Waals surface area contributed by atoms with E-state index in [0.29, 0.717) is 0 Å². The minimum Gasteiger partial charge on any atom is -0.189 e. The predicted octanol–water partition coefficient (Wildman–Crippen LogP) is 5.54. The Morgan fingerprint density at radius 3 is 1.19 bits per heavy atom. The molecule has 1 rings (SSSR count). The third-order valence-electron chi connectivity index (χ3n) is 3.54. The van der Waals surface area contributed by atoms with Gasteiger partial charge >= 0.3 is 48.1 Å². The van der Waals surface area contributed by atoms with E-state index in [9.17, 15) is 79.0 Å². The standard InChI is InChI=1S/C11H3F18N2/c12-4(13,8(20,21)22)6(16,17)10(26,27)30-1-2-31(3-30)11(28,29)7(18,19)5(14,15)9(23,24)25/h1-3H/q+1. The predicted molar refractivity (Wildman–Crippen MR) is 56.9 cm³/mol. The molecule has 0 aliphatic heterocycles. The van der Waals surface area contributed by atoms with Crippen LogP contribution < -0.4 is 4.57 Å². The number of nitrogens with zero attached hydrogens (tertiary/aromatic N) is 2. The summed E-state index contributed by atoms with van der Waals surface area (Å²) in [5.74, 6) is -30.1.